The SMILES string of the molecule is CC(=O)OCC(=O)[C@@]1(CNc2nc3ccccc3o2)CC[C@H]2[C@@H]3C[C@H](F)C4=CC(=O)C=C[C@]4(C)[C@@]3(F)[C@@H](O)C[C@@]21C. The second-order valence-electron chi connectivity index (χ2n) is 12.5. The highest BCUT2D eigenvalue weighted by molar-refractivity contribution is 6.01. The number of ether oxygens (including phenoxy) is 1. The van der Waals surface area contributed by atoms with Crippen molar-refractivity contribution in [2.45, 2.75) is 64.4 Å². The van der Waals surface area contributed by atoms with Gasteiger partial charge < -0.3 is 19.6 Å². The van der Waals surface area contributed by atoms with E-state index in [9.17, 15) is 19.5 Å². The van der Waals surface area contributed by atoms with Crippen LogP contribution in [0.25, 0.3) is 11.1 Å². The van der Waals surface area contributed by atoms with E-state index in [4.69, 9.17) is 9.15 Å². The molecular weight excluding hydrogens is 534 g/mol. The molecule has 8 atom stereocenters. The predicted octanol–water partition coefficient (Wildman–Crippen LogP) is 4.68. The molecule has 6 rings (SSSR count). The number of para-hydroxylation sites is 2. The summed E-state index contributed by atoms with van der Waals surface area (Å²) in [4.78, 5) is 42.2. The number of ketones is 2. The zero-order valence-electron chi connectivity index (χ0n) is 23.3. The Labute approximate surface area is 236 Å². The van der Waals surface area contributed by atoms with E-state index in [0.29, 0.717) is 23.9 Å². The van der Waals surface area contributed by atoms with E-state index in [1.54, 1.807) is 19.1 Å². The molecule has 41 heavy (non-hydrogen) atoms. The number of carbonyl (C=O) groups is 3. The van der Waals surface area contributed by atoms with Crippen LogP contribution in [-0.2, 0) is 19.1 Å². The van der Waals surface area contributed by atoms with Gasteiger partial charge in [-0.05, 0) is 73.8 Å². The van der Waals surface area contributed by atoms with Crippen LogP contribution in [-0.4, -0.2) is 58.7 Å². The third-order valence-corrected chi connectivity index (χ3v) is 10.8. The number of rotatable bonds is 6. The highest BCUT2D eigenvalue weighted by Gasteiger charge is 2.75. The third kappa shape index (κ3) is 3.78. The summed E-state index contributed by atoms with van der Waals surface area (Å²) in [5, 5.41) is 14.8. The van der Waals surface area contributed by atoms with Crippen LogP contribution < -0.4 is 5.32 Å². The lowest BCUT2D eigenvalue weighted by Crippen LogP contribution is -2.69. The van der Waals surface area contributed by atoms with Crippen LogP contribution in [0.15, 0.2) is 52.5 Å². The van der Waals surface area contributed by atoms with Gasteiger partial charge in [-0.2, -0.15) is 4.98 Å². The van der Waals surface area contributed by atoms with Crippen molar-refractivity contribution in [3.8, 4) is 0 Å². The molecule has 0 unspecified atom stereocenters. The Hall–Kier alpha value is -3.40. The Kier molecular flexibility index (Phi) is 6.30. The predicted molar refractivity (Wildman–Crippen MR) is 145 cm³/mol. The molecule has 1 heterocycles. The van der Waals surface area contributed by atoms with Gasteiger partial charge in [0, 0.05) is 24.8 Å². The van der Waals surface area contributed by atoms with Crippen LogP contribution >= 0.6 is 0 Å². The van der Waals surface area contributed by atoms with Crippen LogP contribution in [0.5, 0.6) is 0 Å². The first-order valence-electron chi connectivity index (χ1n) is 14.1. The summed E-state index contributed by atoms with van der Waals surface area (Å²) in [6.07, 6.45) is 1.13. The Bertz CT molecular complexity index is 1470. The molecule has 1 aromatic carbocycles. The third-order valence-electron chi connectivity index (χ3n) is 10.8. The molecule has 0 spiro atoms. The topological polar surface area (TPSA) is 119 Å². The summed E-state index contributed by atoms with van der Waals surface area (Å²) in [6, 6.07) is 7.42. The second-order valence-corrected chi connectivity index (χ2v) is 12.5. The van der Waals surface area contributed by atoms with Crippen LogP contribution in [0.4, 0.5) is 14.8 Å². The van der Waals surface area contributed by atoms with Gasteiger partial charge in [0.2, 0.25) is 0 Å². The number of allylic oxidation sites excluding steroid dienone is 4. The Morgan fingerprint density at radius 2 is 2.00 bits per heavy atom. The van der Waals surface area contributed by atoms with Gasteiger partial charge in [-0.1, -0.05) is 25.1 Å². The van der Waals surface area contributed by atoms with E-state index in [1.165, 1.54) is 19.1 Å². The van der Waals surface area contributed by atoms with Gasteiger partial charge in [0.05, 0.1) is 11.5 Å². The smallest absolute Gasteiger partial charge is 0.303 e. The maximum absolute atomic E-state index is 17.5. The normalized spacial score (nSPS) is 39.5. The monoisotopic (exact) mass is 568 g/mol. The van der Waals surface area contributed by atoms with E-state index in [2.05, 4.69) is 10.3 Å². The van der Waals surface area contributed by atoms with Gasteiger partial charge in [0.15, 0.2) is 29.4 Å². The van der Waals surface area contributed by atoms with Crippen LogP contribution in [0.3, 0.4) is 0 Å². The number of aliphatic hydroxyl groups excluding tert-OH is 1. The summed E-state index contributed by atoms with van der Waals surface area (Å²) < 4.78 is 44.2. The number of oxazole rings is 1. The molecule has 0 saturated heterocycles. The fraction of sp³-hybridized carbons (Fsp3) is 0.548. The molecule has 3 fully saturated rings. The number of nitrogens with zero attached hydrogens (tertiary/aromatic N) is 1. The average Bonchev–Trinajstić information content (AvgIpc) is 3.47. The molecule has 0 aliphatic heterocycles. The fourth-order valence-electron chi connectivity index (χ4n) is 8.65. The van der Waals surface area contributed by atoms with Crippen molar-refractivity contribution in [3.05, 3.63) is 48.1 Å². The summed E-state index contributed by atoms with van der Waals surface area (Å²) in [7, 11) is 0. The van der Waals surface area contributed by atoms with Crippen LogP contribution in [0, 0.1) is 28.1 Å². The molecule has 4 aliphatic rings. The zero-order chi connectivity index (χ0) is 29.4. The number of aromatic nitrogens is 1. The molecule has 10 heteroatoms. The van der Waals surface area contributed by atoms with Crippen molar-refractivity contribution < 1.29 is 37.4 Å². The highest BCUT2D eigenvalue weighted by atomic mass is 19.1. The quantitative estimate of drug-likeness (QED) is 0.483. The lowest BCUT2D eigenvalue weighted by molar-refractivity contribution is -0.210. The number of alkyl halides is 2. The van der Waals surface area contributed by atoms with Gasteiger partial charge >= 0.3 is 5.97 Å². The van der Waals surface area contributed by atoms with Crippen molar-refractivity contribution in [2.75, 3.05) is 18.5 Å². The average molecular weight is 569 g/mol. The number of esters is 1. The Morgan fingerprint density at radius 1 is 1.24 bits per heavy atom. The number of nitrogens with one attached hydrogen (secondary N) is 1. The summed E-state index contributed by atoms with van der Waals surface area (Å²) in [5.41, 5.74) is -4.67. The number of Topliss-reactive ketones (excluding diaryl/α,β-unsaturated/α-hetero) is 1. The molecule has 2 N–H and O–H groups in total. The number of fused-ring (bicyclic) bond motifs is 6. The summed E-state index contributed by atoms with van der Waals surface area (Å²) >= 11 is 0. The molecule has 1 aromatic heterocycles. The largest absolute Gasteiger partial charge is 0.458 e. The number of aliphatic hydroxyl groups is 1. The minimum absolute atomic E-state index is 0.0432. The maximum Gasteiger partial charge on any atom is 0.303 e. The van der Waals surface area contributed by atoms with Crippen molar-refractivity contribution in [1.82, 2.24) is 4.98 Å². The van der Waals surface area contributed by atoms with Crippen molar-refractivity contribution in [2.24, 2.45) is 28.1 Å². The minimum atomic E-state index is -2.24. The zero-order valence-corrected chi connectivity index (χ0v) is 23.3. The highest BCUT2D eigenvalue weighted by Crippen LogP contribution is 2.72. The number of anilines is 1. The number of halogens is 2. The van der Waals surface area contributed by atoms with Gasteiger partial charge in [-0.3, -0.25) is 14.4 Å². The molecule has 0 amide bonds. The Morgan fingerprint density at radius 3 is 2.73 bits per heavy atom. The molecule has 3 saturated carbocycles. The van der Waals surface area contributed by atoms with E-state index >= 15 is 8.78 Å². The Balaban J connectivity index is 1.39. The van der Waals surface area contributed by atoms with Crippen molar-refractivity contribution in [1.29, 1.82) is 0 Å². The molecule has 8 nitrogen and oxygen atoms in total. The lowest BCUT2D eigenvalue weighted by Gasteiger charge is -2.63. The number of carbonyl (C=O) groups excluding carboxylic acids is 3. The van der Waals surface area contributed by atoms with E-state index in [0.717, 1.165) is 6.08 Å². The molecule has 4 aliphatic carbocycles. The number of hydrogen-bond acceptors (Lipinski definition) is 8. The van der Waals surface area contributed by atoms with E-state index < -0.39 is 64.4 Å². The van der Waals surface area contributed by atoms with Gasteiger partial charge in [-0.25, -0.2) is 8.78 Å². The fourth-order valence-corrected chi connectivity index (χ4v) is 8.65. The first kappa shape index (κ1) is 27.8. The molecular formula is C31H34F2N2O6. The number of hydrogen-bond donors (Lipinski definition) is 2. The van der Waals surface area contributed by atoms with Crippen LogP contribution in [0.2, 0.25) is 0 Å². The summed E-state index contributed by atoms with van der Waals surface area (Å²) in [5.74, 6) is -2.75. The van der Waals surface area contributed by atoms with E-state index in [1.807, 2.05) is 19.1 Å². The lowest BCUT2D eigenvalue weighted by atomic mass is 9.43. The van der Waals surface area contributed by atoms with Gasteiger partial charge in [0.1, 0.15) is 11.7 Å². The first-order valence-corrected chi connectivity index (χ1v) is 14.1. The van der Waals surface area contributed by atoms with Crippen LogP contribution in [0.1, 0.15) is 46.5 Å². The molecule has 2 aromatic rings. The maximum atomic E-state index is 17.5. The molecule has 0 bridgehead atoms. The molecule has 0 radical (unpaired) electrons. The number of benzene rings is 1. The molecule has 218 valence electrons. The second kappa shape index (κ2) is 9.31. The summed E-state index contributed by atoms with van der Waals surface area (Å²) in [6.45, 7) is 4.19. The first-order chi connectivity index (χ1) is 19.4. The minimum Gasteiger partial charge on any atom is -0.458 e. The van der Waals surface area contributed by atoms with Gasteiger partial charge in [-0.15, -0.1) is 0 Å². The van der Waals surface area contributed by atoms with Crippen molar-refractivity contribution >= 4 is 34.7 Å². The van der Waals surface area contributed by atoms with Gasteiger partial charge in [0.25, 0.3) is 6.01 Å². The van der Waals surface area contributed by atoms with Crippen molar-refractivity contribution in [3.63, 3.8) is 0 Å². The standard InChI is InChI=1S/C31H34F2N2O6/c1-17(36)40-15-26(39)30(16-34-27-35-23-6-4-5-7-24(23)41-27)11-9-19-20-13-22(32)21-12-18(37)8-10-28(21,2)31(20,33)25(38)14-29(19,30)3/h4-8,10,12,19-20,22,25,38H,9,11,13-16H2,1-3H3,(H,34,35)/t19-,20-,22-,25-,28-,29-,30-,31-/m0/s1. The van der Waals surface area contributed by atoms with E-state index in [-0.39, 0.29) is 36.8 Å².